The number of carbonyl (C=O) groups is 2. The predicted molar refractivity (Wildman–Crippen MR) is 78.7 cm³/mol. The number of nitrogens with one attached hydrogen (secondary N) is 1. The number of amides is 1. The molecule has 1 aromatic rings. The molecule has 7 heteroatoms. The number of benzene rings is 1. The fourth-order valence-corrected chi connectivity index (χ4v) is 2.22. The van der Waals surface area contributed by atoms with Crippen molar-refractivity contribution in [3.8, 4) is 0 Å². The molecule has 1 heterocycles. The molecular weight excluding hydrogens is 317 g/mol. The van der Waals surface area contributed by atoms with Crippen molar-refractivity contribution >= 4 is 35.1 Å². The van der Waals surface area contributed by atoms with Gasteiger partial charge in [-0.1, -0.05) is 23.2 Å². The van der Waals surface area contributed by atoms with Gasteiger partial charge in [-0.25, -0.2) is 4.79 Å². The van der Waals surface area contributed by atoms with E-state index < -0.39 is 5.97 Å². The maximum atomic E-state index is 11.7. The van der Waals surface area contributed by atoms with E-state index in [0.29, 0.717) is 11.6 Å². The van der Waals surface area contributed by atoms with Gasteiger partial charge in [-0.15, -0.1) is 0 Å². The molecule has 2 rings (SSSR count). The average Bonchev–Trinajstić information content (AvgIpc) is 2.98. The first kappa shape index (κ1) is 16.1. The molecule has 5 nitrogen and oxygen atoms in total. The summed E-state index contributed by atoms with van der Waals surface area (Å²) >= 11 is 11.6. The number of carbonyl (C=O) groups excluding carboxylic acids is 2. The summed E-state index contributed by atoms with van der Waals surface area (Å²) in [6, 6.07) is 4.38. The molecule has 21 heavy (non-hydrogen) atoms. The second kappa shape index (κ2) is 7.64. The molecule has 1 aliphatic heterocycles. The maximum absolute atomic E-state index is 11.7. The number of hydrogen-bond donors (Lipinski definition) is 1. The van der Waals surface area contributed by atoms with Gasteiger partial charge in [-0.3, -0.25) is 4.79 Å². The second-order valence-electron chi connectivity index (χ2n) is 4.64. The predicted octanol–water partition coefficient (Wildman–Crippen LogP) is 2.45. The molecule has 1 aromatic carbocycles. The van der Waals surface area contributed by atoms with E-state index in [-0.39, 0.29) is 29.2 Å². The lowest BCUT2D eigenvalue weighted by Gasteiger charge is -2.11. The Bertz CT molecular complexity index is 530. The molecule has 1 unspecified atom stereocenters. The van der Waals surface area contributed by atoms with Gasteiger partial charge in [-0.2, -0.15) is 0 Å². The Labute approximate surface area is 132 Å². The molecule has 0 spiro atoms. The Morgan fingerprint density at radius 1 is 1.33 bits per heavy atom. The quantitative estimate of drug-likeness (QED) is 0.841. The Hall–Kier alpha value is -1.30. The van der Waals surface area contributed by atoms with Crippen LogP contribution in [0.4, 0.5) is 0 Å². The maximum Gasteiger partial charge on any atom is 0.338 e. The summed E-state index contributed by atoms with van der Waals surface area (Å²) < 4.78 is 10.3. The number of ether oxygens (including phenoxy) is 2. The smallest absolute Gasteiger partial charge is 0.338 e. The fraction of sp³-hybridized carbons (Fsp3) is 0.429. The van der Waals surface area contributed by atoms with Crippen molar-refractivity contribution in [2.45, 2.75) is 18.9 Å². The van der Waals surface area contributed by atoms with Crippen molar-refractivity contribution in [2.75, 3.05) is 19.8 Å². The van der Waals surface area contributed by atoms with E-state index >= 15 is 0 Å². The third-order valence-electron chi connectivity index (χ3n) is 3.04. The van der Waals surface area contributed by atoms with Crippen molar-refractivity contribution in [1.82, 2.24) is 5.32 Å². The van der Waals surface area contributed by atoms with Gasteiger partial charge < -0.3 is 14.8 Å². The van der Waals surface area contributed by atoms with E-state index in [9.17, 15) is 9.59 Å². The van der Waals surface area contributed by atoms with E-state index in [4.69, 9.17) is 32.7 Å². The molecule has 0 aliphatic carbocycles. The van der Waals surface area contributed by atoms with Crippen LogP contribution in [0.3, 0.4) is 0 Å². The molecule has 1 N–H and O–H groups in total. The zero-order chi connectivity index (χ0) is 15.2. The van der Waals surface area contributed by atoms with Crippen LogP contribution in [0.2, 0.25) is 10.0 Å². The van der Waals surface area contributed by atoms with Gasteiger partial charge in [0.15, 0.2) is 6.61 Å². The van der Waals surface area contributed by atoms with Crippen LogP contribution in [0.15, 0.2) is 18.2 Å². The summed E-state index contributed by atoms with van der Waals surface area (Å²) in [6.45, 7) is 0.821. The van der Waals surface area contributed by atoms with Crippen LogP contribution in [0.1, 0.15) is 23.2 Å². The standard InChI is InChI=1S/C14H15Cl2NO4/c15-11-4-3-9(6-12(11)16)14(19)21-8-13(18)17-7-10-2-1-5-20-10/h3-4,6,10H,1-2,5,7-8H2,(H,17,18). The van der Waals surface area contributed by atoms with Gasteiger partial charge in [0.05, 0.1) is 21.7 Å². The van der Waals surface area contributed by atoms with Crippen molar-refractivity contribution in [3.05, 3.63) is 33.8 Å². The summed E-state index contributed by atoms with van der Waals surface area (Å²) in [6.07, 6.45) is 2.00. The van der Waals surface area contributed by atoms with E-state index in [0.717, 1.165) is 19.4 Å². The third kappa shape index (κ3) is 4.88. The van der Waals surface area contributed by atoms with Crippen LogP contribution in [-0.2, 0) is 14.3 Å². The monoisotopic (exact) mass is 331 g/mol. The molecule has 1 fully saturated rings. The molecule has 1 atom stereocenters. The summed E-state index contributed by atoms with van der Waals surface area (Å²) in [5.74, 6) is -0.986. The molecule has 0 radical (unpaired) electrons. The normalized spacial score (nSPS) is 17.5. The number of halogens is 2. The Morgan fingerprint density at radius 3 is 2.81 bits per heavy atom. The molecule has 114 valence electrons. The minimum Gasteiger partial charge on any atom is -0.452 e. The zero-order valence-electron chi connectivity index (χ0n) is 11.2. The highest BCUT2D eigenvalue weighted by atomic mass is 35.5. The molecule has 0 saturated carbocycles. The zero-order valence-corrected chi connectivity index (χ0v) is 12.7. The minimum atomic E-state index is -0.624. The van der Waals surface area contributed by atoms with E-state index in [2.05, 4.69) is 5.32 Å². The Balaban J connectivity index is 1.74. The lowest BCUT2D eigenvalue weighted by Crippen LogP contribution is -2.34. The van der Waals surface area contributed by atoms with Gasteiger partial charge in [0.1, 0.15) is 0 Å². The summed E-state index contributed by atoms with van der Waals surface area (Å²) in [4.78, 5) is 23.3. The van der Waals surface area contributed by atoms with Gasteiger partial charge in [0.25, 0.3) is 5.91 Å². The highest BCUT2D eigenvalue weighted by Gasteiger charge is 2.17. The van der Waals surface area contributed by atoms with Crippen molar-refractivity contribution in [2.24, 2.45) is 0 Å². The lowest BCUT2D eigenvalue weighted by molar-refractivity contribution is -0.124. The van der Waals surface area contributed by atoms with E-state index in [1.165, 1.54) is 18.2 Å². The Morgan fingerprint density at radius 2 is 2.14 bits per heavy atom. The van der Waals surface area contributed by atoms with Gasteiger partial charge in [0, 0.05) is 13.2 Å². The first-order chi connectivity index (χ1) is 10.1. The van der Waals surface area contributed by atoms with Crippen LogP contribution in [-0.4, -0.2) is 37.7 Å². The van der Waals surface area contributed by atoms with Crippen LogP contribution < -0.4 is 5.32 Å². The van der Waals surface area contributed by atoms with Crippen molar-refractivity contribution in [1.29, 1.82) is 0 Å². The number of hydrogen-bond acceptors (Lipinski definition) is 4. The van der Waals surface area contributed by atoms with Crippen LogP contribution >= 0.6 is 23.2 Å². The topological polar surface area (TPSA) is 64.6 Å². The van der Waals surface area contributed by atoms with Gasteiger partial charge in [-0.05, 0) is 31.0 Å². The van der Waals surface area contributed by atoms with Gasteiger partial charge >= 0.3 is 5.97 Å². The van der Waals surface area contributed by atoms with Crippen molar-refractivity contribution in [3.63, 3.8) is 0 Å². The molecular formula is C14H15Cl2NO4. The largest absolute Gasteiger partial charge is 0.452 e. The van der Waals surface area contributed by atoms with Crippen LogP contribution in [0, 0.1) is 0 Å². The third-order valence-corrected chi connectivity index (χ3v) is 3.78. The molecule has 1 aliphatic rings. The highest BCUT2D eigenvalue weighted by molar-refractivity contribution is 6.42. The van der Waals surface area contributed by atoms with E-state index in [1.54, 1.807) is 0 Å². The summed E-state index contributed by atoms with van der Waals surface area (Å²) in [5.41, 5.74) is 0.247. The fourth-order valence-electron chi connectivity index (χ4n) is 1.92. The average molecular weight is 332 g/mol. The first-order valence-electron chi connectivity index (χ1n) is 6.57. The Kier molecular flexibility index (Phi) is 5.85. The van der Waals surface area contributed by atoms with Crippen LogP contribution in [0.5, 0.6) is 0 Å². The molecule has 1 amide bonds. The van der Waals surface area contributed by atoms with Crippen LogP contribution in [0.25, 0.3) is 0 Å². The summed E-state index contributed by atoms with van der Waals surface area (Å²) in [7, 11) is 0. The number of rotatable bonds is 5. The first-order valence-corrected chi connectivity index (χ1v) is 7.32. The molecule has 0 bridgehead atoms. The molecule has 1 saturated heterocycles. The molecule has 0 aromatic heterocycles. The number of esters is 1. The lowest BCUT2D eigenvalue weighted by atomic mass is 10.2. The van der Waals surface area contributed by atoms with Gasteiger partial charge in [0.2, 0.25) is 0 Å². The van der Waals surface area contributed by atoms with Crippen molar-refractivity contribution < 1.29 is 19.1 Å². The summed E-state index contributed by atoms with van der Waals surface area (Å²) in [5, 5.41) is 3.27. The SMILES string of the molecule is O=C(COC(=O)c1ccc(Cl)c(Cl)c1)NCC1CCCO1. The second-order valence-corrected chi connectivity index (χ2v) is 5.46. The highest BCUT2D eigenvalue weighted by Crippen LogP contribution is 2.22. The minimum absolute atomic E-state index is 0.0553. The van der Waals surface area contributed by atoms with E-state index in [1.807, 2.05) is 0 Å².